The Morgan fingerprint density at radius 1 is 1.31 bits per heavy atom. The Bertz CT molecular complexity index is 989. The lowest BCUT2D eigenvalue weighted by molar-refractivity contribution is -0.120. The zero-order valence-corrected chi connectivity index (χ0v) is 17.4. The summed E-state index contributed by atoms with van der Waals surface area (Å²) in [6.45, 7) is 8.29. The topological polar surface area (TPSA) is 109 Å². The van der Waals surface area contributed by atoms with Crippen molar-refractivity contribution in [3.63, 3.8) is 0 Å². The Kier molecular flexibility index (Phi) is 6.26. The van der Waals surface area contributed by atoms with Crippen LogP contribution in [0.5, 0.6) is 0 Å². The van der Waals surface area contributed by atoms with Gasteiger partial charge in [-0.05, 0) is 32.4 Å². The van der Waals surface area contributed by atoms with Crippen LogP contribution in [0.15, 0.2) is 27.9 Å². The highest BCUT2D eigenvalue weighted by atomic mass is 16.2. The number of carbonyl (C=O) groups is 1. The maximum atomic E-state index is 13.1. The van der Waals surface area contributed by atoms with Gasteiger partial charge in [-0.2, -0.15) is 0 Å². The standard InChI is InChI=1S/C20H30N6O3/c1-4-6-10-26-18(21)17(19(28)22-20(26)29)25(5-2)16(27)13-24-12-11-23-9-7-8-15(23)14(24)3/h7-9,14H,4-6,10-13,21H2,1-3H3,(H,22,28,29). The second kappa shape index (κ2) is 8.69. The van der Waals surface area contributed by atoms with Gasteiger partial charge in [-0.25, -0.2) is 4.79 Å². The summed E-state index contributed by atoms with van der Waals surface area (Å²) in [5.41, 5.74) is 6.23. The van der Waals surface area contributed by atoms with E-state index in [1.54, 1.807) is 6.92 Å². The molecule has 2 aromatic rings. The molecule has 1 aliphatic heterocycles. The number of hydrogen-bond acceptors (Lipinski definition) is 5. The summed E-state index contributed by atoms with van der Waals surface area (Å²) in [5, 5.41) is 0. The first kappa shape index (κ1) is 20.9. The minimum atomic E-state index is -0.629. The number of unbranched alkanes of at least 4 members (excludes halogenated alkanes) is 1. The molecule has 1 unspecified atom stereocenters. The van der Waals surface area contributed by atoms with Crippen LogP contribution in [0.3, 0.4) is 0 Å². The van der Waals surface area contributed by atoms with Gasteiger partial charge in [0.25, 0.3) is 5.56 Å². The van der Waals surface area contributed by atoms with Gasteiger partial charge in [0.1, 0.15) is 5.82 Å². The fourth-order valence-corrected chi connectivity index (χ4v) is 3.94. The van der Waals surface area contributed by atoms with E-state index in [-0.39, 0.29) is 36.5 Å². The molecule has 0 radical (unpaired) electrons. The quantitative estimate of drug-likeness (QED) is 0.722. The molecule has 3 rings (SSSR count). The van der Waals surface area contributed by atoms with E-state index in [0.717, 1.165) is 31.6 Å². The van der Waals surface area contributed by atoms with Crippen LogP contribution in [-0.2, 0) is 17.9 Å². The van der Waals surface area contributed by atoms with Crippen LogP contribution in [0.2, 0.25) is 0 Å². The van der Waals surface area contributed by atoms with Gasteiger partial charge >= 0.3 is 5.69 Å². The average Bonchev–Trinajstić information content (AvgIpc) is 3.16. The highest BCUT2D eigenvalue weighted by molar-refractivity contribution is 5.96. The molecule has 2 aromatic heterocycles. The third kappa shape index (κ3) is 4.00. The predicted molar refractivity (Wildman–Crippen MR) is 113 cm³/mol. The van der Waals surface area contributed by atoms with E-state index >= 15 is 0 Å². The van der Waals surface area contributed by atoms with Crippen molar-refractivity contribution in [2.45, 2.75) is 52.7 Å². The third-order valence-electron chi connectivity index (χ3n) is 5.64. The predicted octanol–water partition coefficient (Wildman–Crippen LogP) is 1.15. The second-order valence-corrected chi connectivity index (χ2v) is 7.41. The van der Waals surface area contributed by atoms with Crippen LogP contribution in [0.4, 0.5) is 11.5 Å². The van der Waals surface area contributed by atoms with E-state index in [4.69, 9.17) is 5.73 Å². The zero-order valence-electron chi connectivity index (χ0n) is 17.4. The van der Waals surface area contributed by atoms with Gasteiger partial charge in [0.15, 0.2) is 5.69 Å². The highest BCUT2D eigenvalue weighted by Gasteiger charge is 2.29. The largest absolute Gasteiger partial charge is 0.383 e. The first-order valence-electron chi connectivity index (χ1n) is 10.2. The summed E-state index contributed by atoms with van der Waals surface area (Å²) < 4.78 is 3.53. The van der Waals surface area contributed by atoms with Crippen LogP contribution in [-0.4, -0.2) is 44.6 Å². The van der Waals surface area contributed by atoms with Gasteiger partial charge in [-0.1, -0.05) is 13.3 Å². The molecule has 158 valence electrons. The van der Waals surface area contributed by atoms with E-state index in [1.807, 2.05) is 19.2 Å². The summed E-state index contributed by atoms with van der Waals surface area (Å²) in [7, 11) is 0. The maximum Gasteiger partial charge on any atom is 0.330 e. The first-order valence-corrected chi connectivity index (χ1v) is 10.2. The van der Waals surface area contributed by atoms with E-state index in [2.05, 4.69) is 27.4 Å². The number of likely N-dealkylation sites (N-methyl/N-ethyl adjacent to an activating group) is 1. The van der Waals surface area contributed by atoms with E-state index in [1.165, 1.54) is 9.47 Å². The molecular weight excluding hydrogens is 372 g/mol. The van der Waals surface area contributed by atoms with Gasteiger partial charge in [-0.15, -0.1) is 0 Å². The van der Waals surface area contributed by atoms with E-state index < -0.39 is 11.2 Å². The van der Waals surface area contributed by atoms with Crippen LogP contribution >= 0.6 is 0 Å². The fourth-order valence-electron chi connectivity index (χ4n) is 3.94. The molecule has 0 bridgehead atoms. The number of H-pyrrole nitrogens is 1. The highest BCUT2D eigenvalue weighted by Crippen LogP contribution is 2.26. The second-order valence-electron chi connectivity index (χ2n) is 7.41. The van der Waals surface area contributed by atoms with E-state index in [9.17, 15) is 14.4 Å². The van der Waals surface area contributed by atoms with Gasteiger partial charge in [0.05, 0.1) is 6.54 Å². The number of aromatic nitrogens is 3. The Balaban J connectivity index is 1.87. The molecule has 1 aliphatic rings. The summed E-state index contributed by atoms with van der Waals surface area (Å²) in [6, 6.07) is 4.16. The number of nitrogens with two attached hydrogens (primary N) is 1. The molecule has 29 heavy (non-hydrogen) atoms. The lowest BCUT2D eigenvalue weighted by atomic mass is 10.1. The molecule has 0 saturated carbocycles. The summed E-state index contributed by atoms with van der Waals surface area (Å²) in [5.74, 6) is -0.166. The number of nitrogen functional groups attached to an aromatic ring is 1. The van der Waals surface area contributed by atoms with Gasteiger partial charge in [0.2, 0.25) is 5.91 Å². The molecule has 0 fully saturated rings. The van der Waals surface area contributed by atoms with Crippen LogP contribution in [0.25, 0.3) is 0 Å². The van der Waals surface area contributed by atoms with Gasteiger partial charge in [0, 0.05) is 44.1 Å². The van der Waals surface area contributed by atoms with Crippen molar-refractivity contribution >= 4 is 17.4 Å². The summed E-state index contributed by atoms with van der Waals surface area (Å²) >= 11 is 0. The van der Waals surface area contributed by atoms with Gasteiger partial charge < -0.3 is 15.2 Å². The third-order valence-corrected chi connectivity index (χ3v) is 5.64. The SMILES string of the molecule is CCCCn1c(N)c(N(CC)C(=O)CN2CCn3cccc3C2C)c(=O)[nH]c1=O. The number of rotatable bonds is 7. The number of fused-ring (bicyclic) bond motifs is 1. The van der Waals surface area contributed by atoms with Crippen LogP contribution in [0, 0.1) is 0 Å². The molecule has 1 atom stereocenters. The number of aromatic amines is 1. The van der Waals surface area contributed by atoms with Crippen molar-refractivity contribution in [3.8, 4) is 0 Å². The number of nitrogens with one attached hydrogen (secondary N) is 1. The Morgan fingerprint density at radius 3 is 2.76 bits per heavy atom. The Hall–Kier alpha value is -2.81. The van der Waals surface area contributed by atoms with Crippen molar-refractivity contribution in [1.82, 2.24) is 19.0 Å². The molecule has 0 aromatic carbocycles. The van der Waals surface area contributed by atoms with Crippen LogP contribution in [0.1, 0.15) is 45.3 Å². The minimum absolute atomic E-state index is 0.0444. The lowest BCUT2D eigenvalue weighted by Gasteiger charge is -2.35. The molecule has 0 saturated heterocycles. The fraction of sp³-hybridized carbons (Fsp3) is 0.550. The van der Waals surface area contributed by atoms with Crippen molar-refractivity contribution in [1.29, 1.82) is 0 Å². The molecular formula is C20H30N6O3. The zero-order chi connectivity index (χ0) is 21.1. The monoisotopic (exact) mass is 402 g/mol. The minimum Gasteiger partial charge on any atom is -0.383 e. The molecule has 0 spiro atoms. The summed E-state index contributed by atoms with van der Waals surface area (Å²) in [6.07, 6.45) is 3.68. The number of amides is 1. The molecule has 3 heterocycles. The molecule has 9 heteroatoms. The lowest BCUT2D eigenvalue weighted by Crippen LogP contribution is -2.47. The smallest absolute Gasteiger partial charge is 0.330 e. The molecule has 0 aliphatic carbocycles. The first-order chi connectivity index (χ1) is 13.9. The van der Waals surface area contributed by atoms with Crippen molar-refractivity contribution in [2.24, 2.45) is 0 Å². The molecule has 9 nitrogen and oxygen atoms in total. The number of carbonyl (C=O) groups excluding carboxylic acids is 1. The van der Waals surface area contributed by atoms with Crippen molar-refractivity contribution < 1.29 is 4.79 Å². The van der Waals surface area contributed by atoms with E-state index in [0.29, 0.717) is 6.54 Å². The average molecular weight is 402 g/mol. The van der Waals surface area contributed by atoms with Crippen LogP contribution < -0.4 is 21.9 Å². The normalized spacial score (nSPS) is 16.6. The number of nitrogens with zero attached hydrogens (tertiary/aromatic N) is 4. The number of anilines is 2. The molecule has 1 amide bonds. The maximum absolute atomic E-state index is 13.1. The van der Waals surface area contributed by atoms with Gasteiger partial charge in [-0.3, -0.25) is 24.0 Å². The van der Waals surface area contributed by atoms with Crippen molar-refractivity contribution in [3.05, 3.63) is 44.9 Å². The Labute approximate surface area is 169 Å². The number of hydrogen-bond donors (Lipinski definition) is 2. The summed E-state index contributed by atoms with van der Waals surface area (Å²) in [4.78, 5) is 43.6. The Morgan fingerprint density at radius 2 is 2.07 bits per heavy atom. The molecule has 3 N–H and O–H groups in total. The van der Waals surface area contributed by atoms with Crippen molar-refractivity contribution in [2.75, 3.05) is 30.3 Å².